The lowest BCUT2D eigenvalue weighted by Crippen LogP contribution is -2.08. The van der Waals surface area contributed by atoms with E-state index in [1.807, 2.05) is 0 Å². The van der Waals surface area contributed by atoms with Crippen molar-refractivity contribution in [2.75, 3.05) is 0 Å². The van der Waals surface area contributed by atoms with Crippen molar-refractivity contribution in [3.63, 3.8) is 0 Å². The Bertz CT molecular complexity index is 374. The van der Waals surface area contributed by atoms with E-state index in [0.717, 1.165) is 10.3 Å². The molecule has 2 aromatic heterocycles. The monoisotopic (exact) mass is 167 g/mol. The fourth-order valence-electron chi connectivity index (χ4n) is 0.863. The molecule has 1 amide bonds. The van der Waals surface area contributed by atoms with Gasteiger partial charge in [-0.25, -0.2) is 4.98 Å². The van der Waals surface area contributed by atoms with Crippen molar-refractivity contribution < 1.29 is 4.79 Å². The zero-order valence-corrected chi connectivity index (χ0v) is 6.31. The van der Waals surface area contributed by atoms with Gasteiger partial charge >= 0.3 is 0 Å². The van der Waals surface area contributed by atoms with Gasteiger partial charge in [0.2, 0.25) is 0 Å². The number of thiophene rings is 1. The van der Waals surface area contributed by atoms with Crippen molar-refractivity contribution in [2.45, 2.75) is 0 Å². The van der Waals surface area contributed by atoms with Crippen LogP contribution in [0.3, 0.4) is 0 Å². The second-order valence-electron chi connectivity index (χ2n) is 2.10. The van der Waals surface area contributed by atoms with Crippen molar-refractivity contribution in [3.8, 4) is 0 Å². The molecule has 2 aromatic rings. The maximum atomic E-state index is 10.7. The van der Waals surface area contributed by atoms with E-state index in [9.17, 15) is 4.79 Å². The molecule has 0 saturated carbocycles. The van der Waals surface area contributed by atoms with Crippen LogP contribution in [0.25, 0.3) is 10.3 Å². The van der Waals surface area contributed by atoms with Gasteiger partial charge in [-0.3, -0.25) is 4.79 Å². The molecule has 11 heavy (non-hydrogen) atoms. The van der Waals surface area contributed by atoms with E-state index in [0.29, 0.717) is 4.88 Å². The summed E-state index contributed by atoms with van der Waals surface area (Å²) in [6.07, 6.45) is 1.59. The van der Waals surface area contributed by atoms with Crippen molar-refractivity contribution >= 4 is 27.6 Å². The zero-order chi connectivity index (χ0) is 7.84. The minimum absolute atomic E-state index is 0.401. The molecule has 56 valence electrons. The van der Waals surface area contributed by atoms with Crippen LogP contribution in [-0.4, -0.2) is 15.9 Å². The highest BCUT2D eigenvalue weighted by Gasteiger charge is 2.06. The van der Waals surface area contributed by atoms with Crippen LogP contribution in [0.1, 0.15) is 9.67 Å². The Kier molecular flexibility index (Phi) is 1.19. The number of fused-ring (bicyclic) bond motifs is 1. The van der Waals surface area contributed by atoms with Crippen LogP contribution in [0.15, 0.2) is 12.4 Å². The van der Waals surface area contributed by atoms with Gasteiger partial charge in [0.15, 0.2) is 0 Å². The summed E-state index contributed by atoms with van der Waals surface area (Å²) in [7, 11) is 0. The summed E-state index contributed by atoms with van der Waals surface area (Å²) < 4.78 is 0. The Labute approximate surface area is 66.0 Å². The standard InChI is InChI=1S/C6H5N3OS/c7-5(10)4-1-3-6(11-4)9-2-8-3/h1-2H,(H2,7,10)(H,8,9). The summed E-state index contributed by atoms with van der Waals surface area (Å²) in [5, 5.41) is 0. The largest absolute Gasteiger partial charge is 0.365 e. The fourth-order valence-corrected chi connectivity index (χ4v) is 1.68. The molecular formula is C6H5N3OS. The fraction of sp³-hybridized carbons (Fsp3) is 0. The first-order chi connectivity index (χ1) is 5.27. The third-order valence-corrected chi connectivity index (χ3v) is 2.41. The Morgan fingerprint density at radius 3 is 3.18 bits per heavy atom. The van der Waals surface area contributed by atoms with Crippen LogP contribution in [0, 0.1) is 0 Å². The van der Waals surface area contributed by atoms with Gasteiger partial charge in [0.25, 0.3) is 5.91 Å². The van der Waals surface area contributed by atoms with Crippen molar-refractivity contribution in [3.05, 3.63) is 17.3 Å². The Morgan fingerprint density at radius 1 is 1.73 bits per heavy atom. The van der Waals surface area contributed by atoms with E-state index in [-0.39, 0.29) is 0 Å². The normalized spacial score (nSPS) is 10.5. The third-order valence-electron chi connectivity index (χ3n) is 1.36. The summed E-state index contributed by atoms with van der Waals surface area (Å²) in [6.45, 7) is 0. The number of carbonyl (C=O) groups excluding carboxylic acids is 1. The van der Waals surface area contributed by atoms with Gasteiger partial charge < -0.3 is 10.7 Å². The maximum Gasteiger partial charge on any atom is 0.258 e. The lowest BCUT2D eigenvalue weighted by atomic mass is 10.4. The number of aromatic nitrogens is 2. The first-order valence-corrected chi connectivity index (χ1v) is 3.82. The van der Waals surface area contributed by atoms with E-state index < -0.39 is 5.91 Å². The van der Waals surface area contributed by atoms with Gasteiger partial charge in [-0.1, -0.05) is 0 Å². The Morgan fingerprint density at radius 2 is 2.55 bits per heavy atom. The second kappa shape index (κ2) is 2.06. The number of imidazole rings is 1. The third kappa shape index (κ3) is 0.894. The molecule has 0 fully saturated rings. The van der Waals surface area contributed by atoms with Crippen LogP contribution in [0.4, 0.5) is 0 Å². The predicted molar refractivity (Wildman–Crippen MR) is 42.5 cm³/mol. The average Bonchev–Trinajstić information content (AvgIpc) is 2.40. The molecule has 3 N–H and O–H groups in total. The molecule has 0 aromatic carbocycles. The van der Waals surface area contributed by atoms with Crippen molar-refractivity contribution in [1.82, 2.24) is 9.97 Å². The molecule has 0 unspecified atom stereocenters. The van der Waals surface area contributed by atoms with E-state index in [4.69, 9.17) is 5.73 Å². The Hall–Kier alpha value is -1.36. The molecule has 4 nitrogen and oxygen atoms in total. The minimum Gasteiger partial charge on any atom is -0.365 e. The van der Waals surface area contributed by atoms with Crippen LogP contribution in [0.5, 0.6) is 0 Å². The molecule has 2 heterocycles. The summed E-state index contributed by atoms with van der Waals surface area (Å²) in [5.74, 6) is -0.401. The van der Waals surface area contributed by atoms with E-state index in [2.05, 4.69) is 9.97 Å². The molecule has 0 bridgehead atoms. The number of aromatic amines is 1. The van der Waals surface area contributed by atoms with Gasteiger partial charge in [-0.05, 0) is 6.07 Å². The van der Waals surface area contributed by atoms with Gasteiger partial charge in [-0.15, -0.1) is 11.3 Å². The number of nitrogens with two attached hydrogens (primary N) is 1. The van der Waals surface area contributed by atoms with E-state index in [1.54, 1.807) is 12.4 Å². The van der Waals surface area contributed by atoms with Crippen molar-refractivity contribution in [2.24, 2.45) is 5.73 Å². The number of rotatable bonds is 1. The average molecular weight is 167 g/mol. The number of H-pyrrole nitrogens is 1. The van der Waals surface area contributed by atoms with Gasteiger partial charge in [0.05, 0.1) is 16.7 Å². The lowest BCUT2D eigenvalue weighted by molar-refractivity contribution is 0.100. The molecule has 0 saturated heterocycles. The molecule has 0 atom stereocenters. The first-order valence-electron chi connectivity index (χ1n) is 3.00. The lowest BCUT2D eigenvalue weighted by Gasteiger charge is -1.81. The summed E-state index contributed by atoms with van der Waals surface area (Å²) in [6, 6.07) is 1.70. The van der Waals surface area contributed by atoms with Gasteiger partial charge in [0, 0.05) is 0 Å². The SMILES string of the molecule is NC(=O)c1cc2[nH]cnc2s1. The second-order valence-corrected chi connectivity index (χ2v) is 3.13. The van der Waals surface area contributed by atoms with Crippen molar-refractivity contribution in [1.29, 1.82) is 0 Å². The number of carbonyl (C=O) groups is 1. The molecule has 0 aliphatic rings. The predicted octanol–water partition coefficient (Wildman–Crippen LogP) is 0.723. The Balaban J connectivity index is 2.67. The van der Waals surface area contributed by atoms with Gasteiger partial charge in [-0.2, -0.15) is 0 Å². The number of amides is 1. The van der Waals surface area contributed by atoms with Crippen LogP contribution >= 0.6 is 11.3 Å². The first kappa shape index (κ1) is 6.36. The van der Waals surface area contributed by atoms with Crippen LogP contribution in [0.2, 0.25) is 0 Å². The molecule has 0 radical (unpaired) electrons. The summed E-state index contributed by atoms with van der Waals surface area (Å²) in [4.78, 5) is 18.9. The number of nitrogens with one attached hydrogen (secondary N) is 1. The molecule has 5 heteroatoms. The summed E-state index contributed by atoms with van der Waals surface area (Å²) >= 11 is 1.30. The quantitative estimate of drug-likeness (QED) is 0.657. The topological polar surface area (TPSA) is 71.8 Å². The number of hydrogen-bond acceptors (Lipinski definition) is 3. The number of primary amides is 1. The molecule has 0 spiro atoms. The summed E-state index contributed by atoms with van der Waals surface area (Å²) in [5.41, 5.74) is 5.93. The molecule has 0 aliphatic heterocycles. The van der Waals surface area contributed by atoms with Gasteiger partial charge in [0.1, 0.15) is 4.83 Å². The van der Waals surface area contributed by atoms with Crippen LogP contribution in [-0.2, 0) is 0 Å². The molecular weight excluding hydrogens is 162 g/mol. The highest BCUT2D eigenvalue weighted by Crippen LogP contribution is 2.21. The van der Waals surface area contributed by atoms with E-state index in [1.165, 1.54) is 11.3 Å². The minimum atomic E-state index is -0.401. The molecule has 0 aliphatic carbocycles. The van der Waals surface area contributed by atoms with E-state index >= 15 is 0 Å². The smallest absolute Gasteiger partial charge is 0.258 e. The number of hydrogen-bond donors (Lipinski definition) is 2. The highest BCUT2D eigenvalue weighted by atomic mass is 32.1. The van der Waals surface area contributed by atoms with Crippen LogP contribution < -0.4 is 5.73 Å². The maximum absolute atomic E-state index is 10.7. The highest BCUT2D eigenvalue weighted by molar-refractivity contribution is 7.20. The zero-order valence-electron chi connectivity index (χ0n) is 5.50. The molecule has 2 rings (SSSR count). The number of nitrogens with zero attached hydrogens (tertiary/aromatic N) is 1.